The van der Waals surface area contributed by atoms with Crippen molar-refractivity contribution in [2.75, 3.05) is 6.61 Å². The Bertz CT molecular complexity index is 896. The van der Waals surface area contributed by atoms with Crippen molar-refractivity contribution in [3.8, 4) is 5.75 Å². The maximum Gasteiger partial charge on any atom is 0.119 e. The molecule has 1 saturated carbocycles. The van der Waals surface area contributed by atoms with Crippen LogP contribution in [0.2, 0.25) is 0 Å². The molecule has 1 aromatic heterocycles. The summed E-state index contributed by atoms with van der Waals surface area (Å²) in [6, 6.07) is 14.2. The first kappa shape index (κ1) is 16.2. The lowest BCUT2D eigenvalue weighted by molar-refractivity contribution is 0.0927. The molecule has 2 aromatic carbocycles. The van der Waals surface area contributed by atoms with Gasteiger partial charge in [0.25, 0.3) is 0 Å². The SMILES string of the molecule is Cc1ccc(OC[C@H](O)Cn2c(C3CC3)nc3ccccc32)cc1C. The Morgan fingerprint density at radius 3 is 2.72 bits per heavy atom. The van der Waals surface area contributed by atoms with E-state index in [-0.39, 0.29) is 6.61 Å². The summed E-state index contributed by atoms with van der Waals surface area (Å²) in [5.41, 5.74) is 4.54. The Labute approximate surface area is 148 Å². The van der Waals surface area contributed by atoms with Gasteiger partial charge >= 0.3 is 0 Å². The number of fused-ring (bicyclic) bond motifs is 1. The van der Waals surface area contributed by atoms with Gasteiger partial charge in [0.15, 0.2) is 0 Å². The summed E-state index contributed by atoms with van der Waals surface area (Å²) in [5.74, 6) is 2.45. The largest absolute Gasteiger partial charge is 0.491 e. The Hall–Kier alpha value is -2.33. The minimum Gasteiger partial charge on any atom is -0.491 e. The number of hydrogen-bond donors (Lipinski definition) is 1. The number of hydrogen-bond acceptors (Lipinski definition) is 3. The number of rotatable bonds is 6. The fourth-order valence-corrected chi connectivity index (χ4v) is 3.20. The molecular weight excluding hydrogens is 312 g/mol. The molecule has 0 unspecified atom stereocenters. The standard InChI is InChI=1S/C21H24N2O2/c1-14-7-10-18(11-15(14)2)25-13-17(24)12-23-20-6-4-3-5-19(20)22-21(23)16-8-9-16/h3-7,10-11,16-17,24H,8-9,12-13H2,1-2H3/t17-/m1/s1. The van der Waals surface area contributed by atoms with Gasteiger partial charge in [0, 0.05) is 5.92 Å². The van der Waals surface area contributed by atoms with Crippen LogP contribution in [0.3, 0.4) is 0 Å². The molecule has 1 aliphatic carbocycles. The number of aromatic nitrogens is 2. The van der Waals surface area contributed by atoms with E-state index in [4.69, 9.17) is 9.72 Å². The highest BCUT2D eigenvalue weighted by atomic mass is 16.5. The van der Waals surface area contributed by atoms with Gasteiger partial charge < -0.3 is 14.4 Å². The van der Waals surface area contributed by atoms with Crippen molar-refractivity contribution >= 4 is 11.0 Å². The molecule has 0 saturated heterocycles. The number of para-hydroxylation sites is 2. The highest BCUT2D eigenvalue weighted by molar-refractivity contribution is 5.76. The van der Waals surface area contributed by atoms with Crippen molar-refractivity contribution < 1.29 is 9.84 Å². The summed E-state index contributed by atoms with van der Waals surface area (Å²) in [7, 11) is 0. The van der Waals surface area contributed by atoms with Crippen LogP contribution < -0.4 is 4.74 Å². The molecule has 0 radical (unpaired) electrons. The van der Waals surface area contributed by atoms with E-state index in [1.54, 1.807) is 0 Å². The number of nitrogens with zero attached hydrogens (tertiary/aromatic N) is 2. The monoisotopic (exact) mass is 336 g/mol. The molecule has 1 fully saturated rings. The van der Waals surface area contributed by atoms with Crippen LogP contribution in [0, 0.1) is 13.8 Å². The van der Waals surface area contributed by atoms with Gasteiger partial charge in [-0.1, -0.05) is 18.2 Å². The van der Waals surface area contributed by atoms with Gasteiger partial charge in [-0.05, 0) is 62.1 Å². The molecule has 1 N–H and O–H groups in total. The lowest BCUT2D eigenvalue weighted by Gasteiger charge is -2.16. The number of ether oxygens (including phenoxy) is 1. The van der Waals surface area contributed by atoms with Gasteiger partial charge in [0.2, 0.25) is 0 Å². The van der Waals surface area contributed by atoms with Crippen molar-refractivity contribution in [3.63, 3.8) is 0 Å². The first-order chi connectivity index (χ1) is 12.1. The molecule has 1 atom stereocenters. The van der Waals surface area contributed by atoms with E-state index in [1.807, 2.05) is 36.4 Å². The van der Waals surface area contributed by atoms with E-state index in [0.717, 1.165) is 22.6 Å². The van der Waals surface area contributed by atoms with Crippen LogP contribution in [0.4, 0.5) is 0 Å². The summed E-state index contributed by atoms with van der Waals surface area (Å²) in [6.45, 7) is 4.94. The van der Waals surface area contributed by atoms with Gasteiger partial charge in [-0.3, -0.25) is 0 Å². The van der Waals surface area contributed by atoms with E-state index in [0.29, 0.717) is 12.5 Å². The Balaban J connectivity index is 1.48. The summed E-state index contributed by atoms with van der Waals surface area (Å²) in [4.78, 5) is 4.78. The smallest absolute Gasteiger partial charge is 0.119 e. The molecule has 1 aliphatic rings. The van der Waals surface area contributed by atoms with E-state index < -0.39 is 6.10 Å². The zero-order valence-corrected chi connectivity index (χ0v) is 14.8. The quantitative estimate of drug-likeness (QED) is 0.741. The maximum atomic E-state index is 10.5. The van der Waals surface area contributed by atoms with Crippen LogP contribution in [-0.2, 0) is 6.54 Å². The minimum absolute atomic E-state index is 0.277. The van der Waals surface area contributed by atoms with Crippen molar-refractivity contribution in [3.05, 3.63) is 59.4 Å². The number of aliphatic hydroxyl groups is 1. The molecule has 4 heteroatoms. The predicted octanol–water partition coefficient (Wildman–Crippen LogP) is 3.97. The zero-order chi connectivity index (χ0) is 17.4. The molecule has 0 bridgehead atoms. The molecule has 130 valence electrons. The highest BCUT2D eigenvalue weighted by Gasteiger charge is 2.30. The molecule has 4 nitrogen and oxygen atoms in total. The number of benzene rings is 2. The van der Waals surface area contributed by atoms with E-state index >= 15 is 0 Å². The normalized spacial score (nSPS) is 15.5. The van der Waals surface area contributed by atoms with Crippen molar-refractivity contribution in [2.24, 2.45) is 0 Å². The second kappa shape index (κ2) is 6.52. The van der Waals surface area contributed by atoms with Crippen molar-refractivity contribution in [1.29, 1.82) is 0 Å². The number of aliphatic hydroxyl groups excluding tert-OH is 1. The van der Waals surface area contributed by atoms with Crippen LogP contribution in [0.5, 0.6) is 5.75 Å². The van der Waals surface area contributed by atoms with Crippen molar-refractivity contribution in [2.45, 2.75) is 45.3 Å². The Morgan fingerprint density at radius 2 is 1.96 bits per heavy atom. The molecule has 1 heterocycles. The third kappa shape index (κ3) is 3.40. The Kier molecular flexibility index (Phi) is 4.22. The van der Waals surface area contributed by atoms with Crippen molar-refractivity contribution in [1.82, 2.24) is 9.55 Å². The molecule has 25 heavy (non-hydrogen) atoms. The first-order valence-electron chi connectivity index (χ1n) is 8.95. The molecule has 4 rings (SSSR count). The average Bonchev–Trinajstić information content (AvgIpc) is 3.39. The van der Waals surface area contributed by atoms with Gasteiger partial charge in [0.1, 0.15) is 24.3 Å². The third-order valence-electron chi connectivity index (χ3n) is 4.94. The van der Waals surface area contributed by atoms with E-state index in [1.165, 1.54) is 24.0 Å². The Morgan fingerprint density at radius 1 is 1.16 bits per heavy atom. The summed E-state index contributed by atoms with van der Waals surface area (Å²) < 4.78 is 7.96. The fourth-order valence-electron chi connectivity index (χ4n) is 3.20. The highest BCUT2D eigenvalue weighted by Crippen LogP contribution is 2.40. The van der Waals surface area contributed by atoms with Crippen LogP contribution in [0.25, 0.3) is 11.0 Å². The van der Waals surface area contributed by atoms with Crippen LogP contribution >= 0.6 is 0 Å². The molecular formula is C21H24N2O2. The van der Waals surface area contributed by atoms with Crippen LogP contribution in [0.1, 0.15) is 35.7 Å². The minimum atomic E-state index is -0.572. The van der Waals surface area contributed by atoms with Gasteiger partial charge in [0.05, 0.1) is 17.6 Å². The van der Waals surface area contributed by atoms with Gasteiger partial charge in [-0.25, -0.2) is 4.98 Å². The number of aryl methyl sites for hydroxylation is 2. The van der Waals surface area contributed by atoms with E-state index in [2.05, 4.69) is 24.5 Å². The van der Waals surface area contributed by atoms with Crippen LogP contribution in [-0.4, -0.2) is 27.4 Å². The maximum absolute atomic E-state index is 10.5. The summed E-state index contributed by atoms with van der Waals surface area (Å²) in [6.07, 6.45) is 1.81. The lowest BCUT2D eigenvalue weighted by atomic mass is 10.1. The van der Waals surface area contributed by atoms with Gasteiger partial charge in [-0.2, -0.15) is 0 Å². The molecule has 3 aromatic rings. The van der Waals surface area contributed by atoms with Crippen LogP contribution in [0.15, 0.2) is 42.5 Å². The summed E-state index contributed by atoms with van der Waals surface area (Å²) >= 11 is 0. The fraction of sp³-hybridized carbons (Fsp3) is 0.381. The van der Waals surface area contributed by atoms with E-state index in [9.17, 15) is 5.11 Å². The van der Waals surface area contributed by atoms with Gasteiger partial charge in [-0.15, -0.1) is 0 Å². The topological polar surface area (TPSA) is 47.3 Å². The third-order valence-corrected chi connectivity index (χ3v) is 4.94. The average molecular weight is 336 g/mol. The first-order valence-corrected chi connectivity index (χ1v) is 8.95. The second-order valence-corrected chi connectivity index (χ2v) is 7.05. The molecule has 0 aliphatic heterocycles. The molecule has 0 spiro atoms. The zero-order valence-electron chi connectivity index (χ0n) is 14.8. The summed E-state index contributed by atoms with van der Waals surface area (Å²) in [5, 5.41) is 10.5. The number of imidazole rings is 1. The molecule has 0 amide bonds. The predicted molar refractivity (Wildman–Crippen MR) is 99.1 cm³/mol. The second-order valence-electron chi connectivity index (χ2n) is 7.05. The lowest BCUT2D eigenvalue weighted by Crippen LogP contribution is -2.24.